The zero-order chi connectivity index (χ0) is 60.8. The van der Waals surface area contributed by atoms with Crippen LogP contribution in [-0.2, 0) is 52.7 Å². The number of amides is 1. The van der Waals surface area contributed by atoms with Gasteiger partial charge in [0, 0.05) is 7.05 Å². The summed E-state index contributed by atoms with van der Waals surface area (Å²) in [5.41, 5.74) is -0.133. The van der Waals surface area contributed by atoms with E-state index in [4.69, 9.17) is 98.5 Å². The number of hydrogen-bond donors (Lipinski definition) is 1. The predicted octanol–water partition coefficient (Wildman–Crippen LogP) is 15.2. The van der Waals surface area contributed by atoms with Crippen molar-refractivity contribution in [1.82, 2.24) is 10.2 Å². The summed E-state index contributed by atoms with van der Waals surface area (Å²) in [7, 11) is 12.9. The Kier molecular flexibility index (Phi) is 33.1. The fourth-order valence-corrected chi connectivity index (χ4v) is 8.16. The molecule has 0 aliphatic heterocycles. The lowest BCUT2D eigenvalue weighted by atomic mass is 9.85. The summed E-state index contributed by atoms with van der Waals surface area (Å²) in [4.78, 5) is 36.7. The highest BCUT2D eigenvalue weighted by molar-refractivity contribution is 7.59. The summed E-state index contributed by atoms with van der Waals surface area (Å²) in [6, 6.07) is 18.2. The number of likely N-dealkylation sites (N-methyl/N-ethyl adjacent to an activating group) is 2. The normalized spacial score (nSPS) is 12.4. The average molecular weight is 1270 g/mol. The van der Waals surface area contributed by atoms with Crippen LogP contribution in [0.25, 0.3) is 0 Å². The maximum Gasteiger partial charge on any atom is 0.519 e. The smallest absolute Gasteiger partial charge is 0.493 e. The van der Waals surface area contributed by atoms with E-state index in [9.17, 15) is 14.4 Å². The van der Waals surface area contributed by atoms with Gasteiger partial charge in [-0.2, -0.15) is 27.0 Å². The van der Waals surface area contributed by atoms with E-state index in [1.165, 1.54) is 4.90 Å². The number of carbonyl (C=O) groups excluding carboxylic acids is 3. The van der Waals surface area contributed by atoms with Crippen LogP contribution in [0, 0.1) is 0 Å². The molecule has 0 aliphatic rings. The molecule has 0 bridgehead atoms. The molecule has 460 valence electrons. The zero-order valence-corrected chi connectivity index (χ0v) is 55.2. The molecule has 4 aromatic rings. The molecule has 0 spiro atoms. The topological polar surface area (TPSA) is 177 Å². The van der Waals surface area contributed by atoms with E-state index in [0.717, 1.165) is 22.3 Å². The van der Waals surface area contributed by atoms with Crippen molar-refractivity contribution in [2.75, 3.05) is 70.0 Å². The maximum atomic E-state index is 13.2. The number of nitrogens with one attached hydrogen (secondary N) is 1. The number of methoxy groups -OCH3 is 6. The standard InChI is InChI=1S/C27H35Cl2NO6.C22H27Cl2NO4.C10H18O5.2H2S/c1-9-12-27(19-10-11-20(28)21(29)15-19,30(5)25(31)36-26(2,3)4)17-35-16-18-13-22(32-6)24(34-8)23(14-18)33-7;1-6-9-22(25-2,16-7-8-17(23)18(24)12-16)14-29-13-15-10-19(26-3)21(28-5)20(11-15)27-4;1-9(2,3)14-7(11)13-8(12)15-10(4,5)6;;/h9-11,13-15H,1,12,16-17H2,2-8H3;6-8,10-12,25H,1,9,13-14H2,2-5H3;1-6H3;2*1H2/t27-;22-;;;/m11.../s1. The van der Waals surface area contributed by atoms with Crippen molar-refractivity contribution in [3.05, 3.63) is 128 Å². The number of rotatable bonds is 22. The largest absolute Gasteiger partial charge is 0.519 e. The van der Waals surface area contributed by atoms with Gasteiger partial charge in [0.15, 0.2) is 23.0 Å². The van der Waals surface area contributed by atoms with Gasteiger partial charge in [0.2, 0.25) is 11.5 Å². The average Bonchev–Trinajstić information content (AvgIpc) is 3.48. The van der Waals surface area contributed by atoms with Crippen molar-refractivity contribution in [3.8, 4) is 34.5 Å². The van der Waals surface area contributed by atoms with Crippen LogP contribution in [0.1, 0.15) is 97.4 Å². The molecule has 0 saturated heterocycles. The minimum Gasteiger partial charge on any atom is -0.493 e. The minimum atomic E-state index is -1.06. The van der Waals surface area contributed by atoms with E-state index in [1.807, 2.05) is 76.4 Å². The zero-order valence-electron chi connectivity index (χ0n) is 50.2. The summed E-state index contributed by atoms with van der Waals surface area (Å²) in [6.07, 6.45) is 1.97. The molecule has 0 unspecified atom stereocenters. The quantitative estimate of drug-likeness (QED) is 0.0340. The molecular weight excluding hydrogens is 1180 g/mol. The first-order chi connectivity index (χ1) is 37.3. The predicted molar refractivity (Wildman–Crippen MR) is 335 cm³/mol. The fraction of sp³-hybridized carbons (Fsp3) is 0.475. The Morgan fingerprint density at radius 2 is 0.890 bits per heavy atom. The van der Waals surface area contributed by atoms with E-state index < -0.39 is 46.3 Å². The van der Waals surface area contributed by atoms with Gasteiger partial charge in [0.05, 0.1) is 100 Å². The van der Waals surface area contributed by atoms with Crippen LogP contribution in [0.5, 0.6) is 34.5 Å². The van der Waals surface area contributed by atoms with E-state index in [2.05, 4.69) is 23.2 Å². The van der Waals surface area contributed by atoms with Crippen LogP contribution >= 0.6 is 73.4 Å². The monoisotopic (exact) mass is 1260 g/mol. The molecule has 0 aromatic heterocycles. The third-order valence-electron chi connectivity index (χ3n) is 11.3. The number of hydrogen-bond acceptors (Lipinski definition) is 16. The van der Waals surface area contributed by atoms with Crippen molar-refractivity contribution in [2.24, 2.45) is 0 Å². The molecule has 0 saturated carbocycles. The van der Waals surface area contributed by atoms with E-state index in [-0.39, 0.29) is 40.2 Å². The second-order valence-electron chi connectivity index (χ2n) is 20.7. The first-order valence-electron chi connectivity index (χ1n) is 25.0. The van der Waals surface area contributed by atoms with Crippen LogP contribution in [0.2, 0.25) is 20.1 Å². The lowest BCUT2D eigenvalue weighted by Gasteiger charge is -2.42. The Hall–Kier alpha value is -5.09. The van der Waals surface area contributed by atoms with Crippen molar-refractivity contribution in [1.29, 1.82) is 0 Å². The number of nitrogens with zero attached hydrogens (tertiary/aromatic N) is 1. The van der Waals surface area contributed by atoms with Gasteiger partial charge >= 0.3 is 18.4 Å². The number of benzene rings is 4. The summed E-state index contributed by atoms with van der Waals surface area (Å²) in [6.45, 7) is 24.3. The molecule has 0 radical (unpaired) electrons. The molecular formula is C59H84Cl4N2O15S2. The molecule has 1 amide bonds. The van der Waals surface area contributed by atoms with Gasteiger partial charge in [-0.15, -0.1) is 13.2 Å². The van der Waals surface area contributed by atoms with Gasteiger partial charge in [-0.1, -0.05) is 70.7 Å². The molecule has 0 fully saturated rings. The van der Waals surface area contributed by atoms with E-state index in [1.54, 1.807) is 116 Å². The summed E-state index contributed by atoms with van der Waals surface area (Å²) < 4.78 is 64.2. The third kappa shape index (κ3) is 23.9. The molecule has 82 heavy (non-hydrogen) atoms. The first-order valence-corrected chi connectivity index (χ1v) is 26.5. The van der Waals surface area contributed by atoms with Gasteiger partial charge in [0.25, 0.3) is 0 Å². The summed E-state index contributed by atoms with van der Waals surface area (Å²) in [5.74, 6) is 3.24. The molecule has 23 heteroatoms. The number of halogens is 4. The van der Waals surface area contributed by atoms with Crippen molar-refractivity contribution >= 4 is 91.8 Å². The van der Waals surface area contributed by atoms with Gasteiger partial charge in [-0.05, 0) is 153 Å². The second-order valence-corrected chi connectivity index (χ2v) is 22.4. The summed E-state index contributed by atoms with van der Waals surface area (Å²) >= 11 is 24.9. The molecule has 17 nitrogen and oxygen atoms in total. The Morgan fingerprint density at radius 1 is 0.524 bits per heavy atom. The Morgan fingerprint density at radius 3 is 1.22 bits per heavy atom. The van der Waals surface area contributed by atoms with Crippen LogP contribution < -0.4 is 33.7 Å². The fourth-order valence-electron chi connectivity index (χ4n) is 7.56. The highest BCUT2D eigenvalue weighted by atomic mass is 35.5. The Labute approximate surface area is 519 Å². The van der Waals surface area contributed by atoms with Crippen molar-refractivity contribution in [2.45, 2.75) is 116 Å². The summed E-state index contributed by atoms with van der Waals surface area (Å²) in [5, 5.41) is 5.14. The van der Waals surface area contributed by atoms with Crippen LogP contribution in [0.15, 0.2) is 86.0 Å². The highest BCUT2D eigenvalue weighted by Crippen LogP contribution is 2.41. The minimum absolute atomic E-state index is 0. The Bertz CT molecular complexity index is 2620. The SMILES string of the molecule is C=CC[C@@](COCc1cc(OC)c(OC)c(OC)c1)(c1ccc(Cl)c(Cl)c1)N(C)C(=O)OC(C)(C)C.C=CC[C@](COCc1cc(OC)c(OC)c(OC)c1)(NC)c1ccc(Cl)c(Cl)c1.CC(C)(C)OC(=O)OC(=O)OC(C)(C)C.S.S. The Balaban J connectivity index is 0.00000128. The van der Waals surface area contributed by atoms with Gasteiger partial charge in [-0.25, -0.2) is 14.4 Å². The van der Waals surface area contributed by atoms with E-state index in [0.29, 0.717) is 80.6 Å². The number of ether oxygens (including phenoxy) is 12. The molecule has 1 N–H and O–H groups in total. The van der Waals surface area contributed by atoms with Crippen LogP contribution in [0.3, 0.4) is 0 Å². The van der Waals surface area contributed by atoms with Crippen LogP contribution in [0.4, 0.5) is 14.4 Å². The number of carbonyl (C=O) groups is 3. The first kappa shape index (κ1) is 76.9. The lowest BCUT2D eigenvalue weighted by molar-refractivity contribution is -0.0307. The third-order valence-corrected chi connectivity index (χ3v) is 12.8. The van der Waals surface area contributed by atoms with Gasteiger partial charge < -0.3 is 62.2 Å². The molecule has 0 aliphatic carbocycles. The van der Waals surface area contributed by atoms with Crippen LogP contribution in [-0.4, -0.2) is 110 Å². The van der Waals surface area contributed by atoms with Gasteiger partial charge in [0.1, 0.15) is 16.8 Å². The lowest BCUT2D eigenvalue weighted by Crippen LogP contribution is -2.51. The second kappa shape index (κ2) is 35.3. The molecule has 4 rings (SSSR count). The van der Waals surface area contributed by atoms with Crippen molar-refractivity contribution in [3.63, 3.8) is 0 Å². The highest BCUT2D eigenvalue weighted by Gasteiger charge is 2.41. The molecule has 0 heterocycles. The van der Waals surface area contributed by atoms with Crippen molar-refractivity contribution < 1.29 is 71.2 Å². The molecule has 2 atom stereocenters. The molecule has 4 aromatic carbocycles. The maximum absolute atomic E-state index is 13.2. The van der Waals surface area contributed by atoms with E-state index >= 15 is 0 Å². The van der Waals surface area contributed by atoms with Gasteiger partial charge in [-0.3, -0.25) is 4.90 Å².